The number of halogens is 1. The molecule has 1 amide bonds. The Balaban J connectivity index is 1.45. The van der Waals surface area contributed by atoms with Gasteiger partial charge in [0.1, 0.15) is 5.82 Å². The van der Waals surface area contributed by atoms with Gasteiger partial charge in [0, 0.05) is 26.1 Å². The highest BCUT2D eigenvalue weighted by molar-refractivity contribution is 5.90. The molecule has 21 heavy (non-hydrogen) atoms. The number of benzene rings is 1. The van der Waals surface area contributed by atoms with Crippen LogP contribution in [-0.2, 0) is 4.79 Å². The van der Waals surface area contributed by atoms with Gasteiger partial charge < -0.3 is 15.5 Å². The average Bonchev–Trinajstić information content (AvgIpc) is 3.10. The standard InChI is InChI=1S/C16H22FN3O/c17-13-3-1-2-4-14(13)19-15(21)5-9-20-10-7-16(12-20)6-8-18-11-16/h1-4,18H,5-12H2,(H,19,21). The van der Waals surface area contributed by atoms with Crippen LogP contribution in [0.5, 0.6) is 0 Å². The van der Waals surface area contributed by atoms with E-state index >= 15 is 0 Å². The molecular weight excluding hydrogens is 269 g/mol. The molecule has 0 aromatic heterocycles. The van der Waals surface area contributed by atoms with E-state index in [2.05, 4.69) is 15.5 Å². The zero-order valence-corrected chi connectivity index (χ0v) is 12.2. The number of carbonyl (C=O) groups is 1. The van der Waals surface area contributed by atoms with Crippen molar-refractivity contribution in [2.45, 2.75) is 19.3 Å². The molecule has 0 aliphatic carbocycles. The lowest BCUT2D eigenvalue weighted by atomic mass is 9.87. The third kappa shape index (κ3) is 3.41. The predicted octanol–water partition coefficient (Wildman–Crippen LogP) is 1.84. The number of para-hydroxylation sites is 1. The van der Waals surface area contributed by atoms with Gasteiger partial charge in [-0.15, -0.1) is 0 Å². The predicted molar refractivity (Wildman–Crippen MR) is 80.6 cm³/mol. The third-order valence-corrected chi connectivity index (χ3v) is 4.65. The molecule has 1 spiro atoms. The second kappa shape index (κ2) is 6.12. The van der Waals surface area contributed by atoms with Gasteiger partial charge in [-0.25, -0.2) is 4.39 Å². The summed E-state index contributed by atoms with van der Waals surface area (Å²) in [6, 6.07) is 6.27. The Morgan fingerprint density at radius 2 is 2.24 bits per heavy atom. The number of nitrogens with one attached hydrogen (secondary N) is 2. The summed E-state index contributed by atoms with van der Waals surface area (Å²) in [7, 11) is 0. The molecule has 4 nitrogen and oxygen atoms in total. The Hall–Kier alpha value is -1.46. The number of amides is 1. The molecule has 0 saturated carbocycles. The van der Waals surface area contributed by atoms with Crippen LogP contribution in [0.25, 0.3) is 0 Å². The summed E-state index contributed by atoms with van der Waals surface area (Å²) in [6.45, 7) is 5.11. The second-order valence-corrected chi connectivity index (χ2v) is 6.23. The molecule has 2 N–H and O–H groups in total. The average molecular weight is 291 g/mol. The van der Waals surface area contributed by atoms with E-state index in [1.807, 2.05) is 0 Å². The molecule has 2 heterocycles. The van der Waals surface area contributed by atoms with Crippen molar-refractivity contribution in [3.63, 3.8) is 0 Å². The number of anilines is 1. The van der Waals surface area contributed by atoms with Crippen molar-refractivity contribution in [1.82, 2.24) is 10.2 Å². The molecule has 1 atom stereocenters. The van der Waals surface area contributed by atoms with Crippen LogP contribution in [0.3, 0.4) is 0 Å². The number of hydrogen-bond acceptors (Lipinski definition) is 3. The summed E-state index contributed by atoms with van der Waals surface area (Å²) in [5.74, 6) is -0.506. The highest BCUT2D eigenvalue weighted by Crippen LogP contribution is 2.35. The summed E-state index contributed by atoms with van der Waals surface area (Å²) in [6.07, 6.45) is 2.87. The maximum atomic E-state index is 13.5. The molecular formula is C16H22FN3O. The molecule has 2 aliphatic rings. The van der Waals surface area contributed by atoms with E-state index in [0.717, 1.165) is 32.7 Å². The van der Waals surface area contributed by atoms with Gasteiger partial charge in [0.15, 0.2) is 0 Å². The number of rotatable bonds is 4. The molecule has 1 aromatic rings. The first-order chi connectivity index (χ1) is 10.2. The first kappa shape index (κ1) is 14.5. The second-order valence-electron chi connectivity index (χ2n) is 6.23. The Morgan fingerprint density at radius 1 is 1.38 bits per heavy atom. The van der Waals surface area contributed by atoms with Crippen molar-refractivity contribution in [2.75, 3.05) is 38.0 Å². The van der Waals surface area contributed by atoms with Gasteiger partial charge in [0.2, 0.25) is 5.91 Å². The molecule has 0 bridgehead atoms. The minimum atomic E-state index is -0.386. The topological polar surface area (TPSA) is 44.4 Å². The third-order valence-electron chi connectivity index (χ3n) is 4.65. The van der Waals surface area contributed by atoms with Crippen molar-refractivity contribution in [3.05, 3.63) is 30.1 Å². The van der Waals surface area contributed by atoms with Gasteiger partial charge in [-0.1, -0.05) is 12.1 Å². The lowest BCUT2D eigenvalue weighted by molar-refractivity contribution is -0.116. The Kier molecular flexibility index (Phi) is 4.22. The normalized spacial score (nSPS) is 25.6. The van der Waals surface area contributed by atoms with Crippen molar-refractivity contribution in [1.29, 1.82) is 0 Å². The summed E-state index contributed by atoms with van der Waals surface area (Å²) < 4.78 is 13.5. The maximum absolute atomic E-state index is 13.5. The summed E-state index contributed by atoms with van der Waals surface area (Å²) >= 11 is 0. The van der Waals surface area contributed by atoms with E-state index in [0.29, 0.717) is 11.8 Å². The van der Waals surface area contributed by atoms with E-state index in [1.54, 1.807) is 18.2 Å². The molecule has 2 saturated heterocycles. The highest BCUT2D eigenvalue weighted by Gasteiger charge is 2.39. The van der Waals surface area contributed by atoms with E-state index in [4.69, 9.17) is 0 Å². The number of carbonyl (C=O) groups excluding carboxylic acids is 1. The quantitative estimate of drug-likeness (QED) is 0.889. The Bertz CT molecular complexity index is 514. The van der Waals surface area contributed by atoms with Gasteiger partial charge >= 0.3 is 0 Å². The van der Waals surface area contributed by atoms with Crippen LogP contribution in [0.15, 0.2) is 24.3 Å². The van der Waals surface area contributed by atoms with Crippen molar-refractivity contribution >= 4 is 11.6 Å². The van der Waals surface area contributed by atoms with Gasteiger partial charge in [0.25, 0.3) is 0 Å². The van der Waals surface area contributed by atoms with Gasteiger partial charge in [-0.2, -0.15) is 0 Å². The number of nitrogens with zero attached hydrogens (tertiary/aromatic N) is 1. The number of hydrogen-bond donors (Lipinski definition) is 2. The van der Waals surface area contributed by atoms with Crippen molar-refractivity contribution in [2.24, 2.45) is 5.41 Å². The fourth-order valence-electron chi connectivity index (χ4n) is 3.40. The minimum Gasteiger partial charge on any atom is -0.324 e. The van der Waals surface area contributed by atoms with E-state index in [-0.39, 0.29) is 17.4 Å². The van der Waals surface area contributed by atoms with Crippen LogP contribution < -0.4 is 10.6 Å². The van der Waals surface area contributed by atoms with Crippen LogP contribution in [0, 0.1) is 11.2 Å². The first-order valence-electron chi connectivity index (χ1n) is 7.64. The minimum absolute atomic E-state index is 0.120. The Morgan fingerprint density at radius 3 is 3.00 bits per heavy atom. The molecule has 1 unspecified atom stereocenters. The van der Waals surface area contributed by atoms with E-state index < -0.39 is 0 Å². The SMILES string of the molecule is O=C(CCN1CCC2(CCNC2)C1)Nc1ccccc1F. The van der Waals surface area contributed by atoms with Crippen LogP contribution in [0.2, 0.25) is 0 Å². The summed E-state index contributed by atoms with van der Waals surface area (Å²) in [4.78, 5) is 14.3. The molecule has 114 valence electrons. The van der Waals surface area contributed by atoms with E-state index in [1.165, 1.54) is 18.9 Å². The molecule has 3 rings (SSSR count). The monoisotopic (exact) mass is 291 g/mol. The summed E-state index contributed by atoms with van der Waals surface area (Å²) in [5, 5.41) is 6.07. The molecule has 2 fully saturated rings. The molecule has 0 radical (unpaired) electrons. The smallest absolute Gasteiger partial charge is 0.225 e. The molecule has 2 aliphatic heterocycles. The van der Waals surface area contributed by atoms with Gasteiger partial charge in [0.05, 0.1) is 5.69 Å². The largest absolute Gasteiger partial charge is 0.324 e. The lowest BCUT2D eigenvalue weighted by Gasteiger charge is -2.22. The van der Waals surface area contributed by atoms with Crippen molar-refractivity contribution < 1.29 is 9.18 Å². The lowest BCUT2D eigenvalue weighted by Crippen LogP contribution is -2.31. The Labute approximate surface area is 124 Å². The summed E-state index contributed by atoms with van der Waals surface area (Å²) in [5.41, 5.74) is 0.697. The molecule has 1 aromatic carbocycles. The van der Waals surface area contributed by atoms with Crippen LogP contribution in [0.1, 0.15) is 19.3 Å². The van der Waals surface area contributed by atoms with Crippen LogP contribution in [-0.4, -0.2) is 43.5 Å². The van der Waals surface area contributed by atoms with Crippen LogP contribution >= 0.6 is 0 Å². The van der Waals surface area contributed by atoms with Crippen molar-refractivity contribution in [3.8, 4) is 0 Å². The first-order valence-corrected chi connectivity index (χ1v) is 7.64. The van der Waals surface area contributed by atoms with Gasteiger partial charge in [-0.05, 0) is 43.5 Å². The highest BCUT2D eigenvalue weighted by atomic mass is 19.1. The zero-order valence-electron chi connectivity index (χ0n) is 12.2. The maximum Gasteiger partial charge on any atom is 0.225 e. The van der Waals surface area contributed by atoms with Gasteiger partial charge in [-0.3, -0.25) is 4.79 Å². The fourth-order valence-corrected chi connectivity index (χ4v) is 3.40. The molecule has 5 heteroatoms. The fraction of sp³-hybridized carbons (Fsp3) is 0.562. The number of likely N-dealkylation sites (tertiary alicyclic amines) is 1. The van der Waals surface area contributed by atoms with E-state index in [9.17, 15) is 9.18 Å². The van der Waals surface area contributed by atoms with Crippen LogP contribution in [0.4, 0.5) is 10.1 Å². The zero-order chi connectivity index (χ0) is 14.7.